The van der Waals surface area contributed by atoms with Crippen LogP contribution in [-0.4, -0.2) is 18.4 Å². The highest BCUT2D eigenvalue weighted by Crippen LogP contribution is 2.16. The lowest BCUT2D eigenvalue weighted by Crippen LogP contribution is -2.36. The number of hydrogen-bond donors (Lipinski definition) is 1. The van der Waals surface area contributed by atoms with Crippen molar-refractivity contribution >= 4 is 23.2 Å². The number of amides is 2. The van der Waals surface area contributed by atoms with Gasteiger partial charge in [-0.2, -0.15) is 0 Å². The number of nitrogens with one attached hydrogen (secondary N) is 1. The van der Waals surface area contributed by atoms with Crippen LogP contribution in [0.1, 0.15) is 12.5 Å². The van der Waals surface area contributed by atoms with Crippen LogP contribution in [0.2, 0.25) is 0 Å². The van der Waals surface area contributed by atoms with E-state index in [2.05, 4.69) is 5.32 Å². The first-order chi connectivity index (χ1) is 10.5. The SMILES string of the molecule is CC(=O)N(CC(=O)Nc1cccc(C)c1)c1ccc(F)cc1. The fourth-order valence-corrected chi connectivity index (χ4v) is 2.07. The monoisotopic (exact) mass is 300 g/mol. The average Bonchev–Trinajstić information content (AvgIpc) is 2.45. The van der Waals surface area contributed by atoms with Crippen LogP contribution in [0.5, 0.6) is 0 Å². The van der Waals surface area contributed by atoms with Crippen LogP contribution in [0.15, 0.2) is 48.5 Å². The Morgan fingerprint density at radius 1 is 1.14 bits per heavy atom. The number of anilines is 2. The van der Waals surface area contributed by atoms with E-state index in [4.69, 9.17) is 0 Å². The van der Waals surface area contributed by atoms with Crippen LogP contribution in [0.25, 0.3) is 0 Å². The minimum Gasteiger partial charge on any atom is -0.325 e. The van der Waals surface area contributed by atoms with Crippen molar-refractivity contribution in [3.05, 3.63) is 59.9 Å². The summed E-state index contributed by atoms with van der Waals surface area (Å²) in [7, 11) is 0. The van der Waals surface area contributed by atoms with E-state index in [1.165, 1.54) is 36.1 Å². The highest BCUT2D eigenvalue weighted by molar-refractivity contribution is 6.01. The van der Waals surface area contributed by atoms with Crippen molar-refractivity contribution in [1.82, 2.24) is 0 Å². The van der Waals surface area contributed by atoms with E-state index in [-0.39, 0.29) is 18.4 Å². The highest BCUT2D eigenvalue weighted by atomic mass is 19.1. The van der Waals surface area contributed by atoms with Gasteiger partial charge >= 0.3 is 0 Å². The molecule has 0 fully saturated rings. The molecule has 0 heterocycles. The molecule has 0 saturated carbocycles. The third-order valence-electron chi connectivity index (χ3n) is 3.12. The van der Waals surface area contributed by atoms with Crippen LogP contribution < -0.4 is 10.2 Å². The molecule has 0 atom stereocenters. The van der Waals surface area contributed by atoms with Crippen molar-refractivity contribution in [2.24, 2.45) is 0 Å². The molecule has 0 spiro atoms. The first kappa shape index (κ1) is 15.7. The molecule has 2 aromatic carbocycles. The van der Waals surface area contributed by atoms with E-state index < -0.39 is 5.82 Å². The maximum Gasteiger partial charge on any atom is 0.244 e. The highest BCUT2D eigenvalue weighted by Gasteiger charge is 2.16. The predicted molar refractivity (Wildman–Crippen MR) is 84.2 cm³/mol. The zero-order valence-corrected chi connectivity index (χ0v) is 12.5. The van der Waals surface area contributed by atoms with E-state index >= 15 is 0 Å². The smallest absolute Gasteiger partial charge is 0.244 e. The molecule has 0 aliphatic heterocycles. The lowest BCUT2D eigenvalue weighted by molar-refractivity contribution is -0.120. The second-order valence-corrected chi connectivity index (χ2v) is 5.00. The molecule has 2 rings (SSSR count). The molecule has 114 valence electrons. The summed E-state index contributed by atoms with van der Waals surface area (Å²) in [4.78, 5) is 25.1. The quantitative estimate of drug-likeness (QED) is 0.943. The number of carbonyl (C=O) groups excluding carboxylic acids is 2. The number of aryl methyl sites for hydroxylation is 1. The van der Waals surface area contributed by atoms with Gasteiger partial charge in [0.25, 0.3) is 0 Å². The normalized spacial score (nSPS) is 10.1. The first-order valence-corrected chi connectivity index (χ1v) is 6.86. The lowest BCUT2D eigenvalue weighted by Gasteiger charge is -2.20. The molecular weight excluding hydrogens is 283 g/mol. The minimum absolute atomic E-state index is 0.130. The summed E-state index contributed by atoms with van der Waals surface area (Å²) < 4.78 is 13.0. The molecule has 4 nitrogen and oxygen atoms in total. The molecule has 0 radical (unpaired) electrons. The fraction of sp³-hybridized carbons (Fsp3) is 0.176. The number of nitrogens with zero attached hydrogens (tertiary/aromatic N) is 1. The number of carbonyl (C=O) groups is 2. The Morgan fingerprint density at radius 3 is 2.41 bits per heavy atom. The molecule has 2 aromatic rings. The Kier molecular flexibility index (Phi) is 4.88. The van der Waals surface area contributed by atoms with Crippen molar-refractivity contribution in [2.75, 3.05) is 16.8 Å². The third kappa shape index (κ3) is 4.15. The Labute approximate surface area is 128 Å². The van der Waals surface area contributed by atoms with Crippen LogP contribution in [0.3, 0.4) is 0 Å². The summed E-state index contributed by atoms with van der Waals surface area (Å²) in [5.41, 5.74) is 2.18. The summed E-state index contributed by atoms with van der Waals surface area (Å²) in [6, 6.07) is 12.8. The second kappa shape index (κ2) is 6.85. The van der Waals surface area contributed by atoms with Gasteiger partial charge < -0.3 is 10.2 Å². The Morgan fingerprint density at radius 2 is 1.82 bits per heavy atom. The van der Waals surface area contributed by atoms with E-state index in [1.807, 2.05) is 25.1 Å². The summed E-state index contributed by atoms with van der Waals surface area (Å²) in [6.07, 6.45) is 0. The Hall–Kier alpha value is -2.69. The van der Waals surface area contributed by atoms with Crippen LogP contribution in [0.4, 0.5) is 15.8 Å². The van der Waals surface area contributed by atoms with Crippen molar-refractivity contribution < 1.29 is 14.0 Å². The van der Waals surface area contributed by atoms with Crippen molar-refractivity contribution in [3.63, 3.8) is 0 Å². The van der Waals surface area contributed by atoms with Crippen molar-refractivity contribution in [2.45, 2.75) is 13.8 Å². The summed E-state index contributed by atoms with van der Waals surface area (Å²) in [5.74, 6) is -0.993. The van der Waals surface area contributed by atoms with Gasteiger partial charge in [-0.3, -0.25) is 9.59 Å². The van der Waals surface area contributed by atoms with Crippen molar-refractivity contribution in [1.29, 1.82) is 0 Å². The molecule has 0 saturated heterocycles. The minimum atomic E-state index is -0.392. The number of rotatable bonds is 4. The zero-order chi connectivity index (χ0) is 16.1. The standard InChI is InChI=1S/C17H17FN2O2/c1-12-4-3-5-15(10-12)19-17(22)11-20(13(2)21)16-8-6-14(18)7-9-16/h3-10H,11H2,1-2H3,(H,19,22). The van der Waals surface area contributed by atoms with Crippen LogP contribution >= 0.6 is 0 Å². The Balaban J connectivity index is 2.09. The molecule has 0 unspecified atom stereocenters. The van der Waals surface area contributed by atoms with Gasteiger partial charge in [0.1, 0.15) is 12.4 Å². The molecule has 0 aliphatic carbocycles. The maximum atomic E-state index is 13.0. The fourth-order valence-electron chi connectivity index (χ4n) is 2.07. The van der Waals surface area contributed by atoms with Gasteiger partial charge in [-0.15, -0.1) is 0 Å². The van der Waals surface area contributed by atoms with E-state index in [0.29, 0.717) is 11.4 Å². The lowest BCUT2D eigenvalue weighted by atomic mass is 10.2. The number of benzene rings is 2. The summed E-state index contributed by atoms with van der Waals surface area (Å²) >= 11 is 0. The van der Waals surface area contributed by atoms with Crippen LogP contribution in [-0.2, 0) is 9.59 Å². The molecule has 5 heteroatoms. The first-order valence-electron chi connectivity index (χ1n) is 6.86. The summed E-state index contributed by atoms with van der Waals surface area (Å²) in [6.45, 7) is 3.16. The van der Waals surface area contributed by atoms with Crippen LogP contribution in [0, 0.1) is 12.7 Å². The molecule has 0 aromatic heterocycles. The molecule has 2 amide bonds. The third-order valence-corrected chi connectivity index (χ3v) is 3.12. The van der Waals surface area contributed by atoms with E-state index in [1.54, 1.807) is 6.07 Å². The predicted octanol–water partition coefficient (Wildman–Crippen LogP) is 3.13. The second-order valence-electron chi connectivity index (χ2n) is 5.00. The van der Waals surface area contributed by atoms with Gasteiger partial charge in [0.05, 0.1) is 0 Å². The van der Waals surface area contributed by atoms with E-state index in [0.717, 1.165) is 5.56 Å². The summed E-state index contributed by atoms with van der Waals surface area (Å²) in [5, 5.41) is 2.74. The van der Waals surface area contributed by atoms with E-state index in [9.17, 15) is 14.0 Å². The molecule has 22 heavy (non-hydrogen) atoms. The Bertz CT molecular complexity index is 683. The topological polar surface area (TPSA) is 49.4 Å². The molecule has 0 aliphatic rings. The van der Waals surface area contributed by atoms with Gasteiger partial charge in [-0.25, -0.2) is 4.39 Å². The molecule has 1 N–H and O–H groups in total. The number of hydrogen-bond acceptors (Lipinski definition) is 2. The van der Waals surface area contributed by atoms with Gasteiger partial charge in [-0.1, -0.05) is 12.1 Å². The maximum absolute atomic E-state index is 13.0. The van der Waals surface area contributed by atoms with Gasteiger partial charge in [-0.05, 0) is 48.9 Å². The number of halogens is 1. The van der Waals surface area contributed by atoms with Gasteiger partial charge in [0, 0.05) is 18.3 Å². The molecular formula is C17H17FN2O2. The largest absolute Gasteiger partial charge is 0.325 e. The van der Waals surface area contributed by atoms with Gasteiger partial charge in [0.15, 0.2) is 0 Å². The average molecular weight is 300 g/mol. The van der Waals surface area contributed by atoms with Crippen molar-refractivity contribution in [3.8, 4) is 0 Å². The molecule has 0 bridgehead atoms. The van der Waals surface area contributed by atoms with Gasteiger partial charge in [0.2, 0.25) is 11.8 Å². The zero-order valence-electron chi connectivity index (χ0n) is 12.5.